The van der Waals surface area contributed by atoms with Crippen molar-refractivity contribution in [1.82, 2.24) is 4.90 Å². The third kappa shape index (κ3) is 2.95. The van der Waals surface area contributed by atoms with Gasteiger partial charge in [-0.05, 0) is 42.3 Å². The fourth-order valence-electron chi connectivity index (χ4n) is 4.19. The Hall–Kier alpha value is -3.29. The van der Waals surface area contributed by atoms with Crippen LogP contribution < -0.4 is 19.7 Å². The van der Waals surface area contributed by atoms with Crippen LogP contribution >= 0.6 is 0 Å². The molecule has 0 bridgehead atoms. The van der Waals surface area contributed by atoms with Gasteiger partial charge in [0.15, 0.2) is 11.6 Å². The number of amides is 3. The van der Waals surface area contributed by atoms with Gasteiger partial charge in [0.2, 0.25) is 5.91 Å². The molecule has 152 valence electrons. The van der Waals surface area contributed by atoms with Gasteiger partial charge in [-0.2, -0.15) is 0 Å². The van der Waals surface area contributed by atoms with E-state index in [4.69, 9.17) is 9.47 Å². The highest BCUT2D eigenvalue weighted by Gasteiger charge is 2.54. The van der Waals surface area contributed by atoms with Crippen LogP contribution in [0.2, 0.25) is 0 Å². The highest BCUT2D eigenvalue weighted by Crippen LogP contribution is 2.48. The molecule has 0 radical (unpaired) electrons. The van der Waals surface area contributed by atoms with Crippen molar-refractivity contribution < 1.29 is 23.5 Å². The van der Waals surface area contributed by atoms with Gasteiger partial charge in [0.1, 0.15) is 5.75 Å². The topological polar surface area (TPSA) is 71.1 Å². The molecule has 29 heavy (non-hydrogen) atoms. The molecule has 2 heterocycles. The first-order valence-electron chi connectivity index (χ1n) is 9.26. The summed E-state index contributed by atoms with van der Waals surface area (Å²) in [6.07, 6.45) is 0.515. The molecule has 3 amide bonds. The zero-order valence-corrected chi connectivity index (χ0v) is 16.5. The van der Waals surface area contributed by atoms with Gasteiger partial charge < -0.3 is 24.6 Å². The molecule has 1 atom stereocenters. The van der Waals surface area contributed by atoms with Crippen molar-refractivity contribution in [2.24, 2.45) is 0 Å². The van der Waals surface area contributed by atoms with E-state index in [0.29, 0.717) is 24.4 Å². The molecule has 7 nitrogen and oxygen atoms in total. The molecule has 0 saturated carbocycles. The van der Waals surface area contributed by atoms with Crippen LogP contribution in [-0.4, -0.2) is 51.2 Å². The predicted molar refractivity (Wildman–Crippen MR) is 106 cm³/mol. The van der Waals surface area contributed by atoms with Crippen molar-refractivity contribution >= 4 is 23.3 Å². The zero-order valence-electron chi connectivity index (χ0n) is 16.5. The molecular weight excluding hydrogens is 377 g/mol. The average molecular weight is 399 g/mol. The van der Waals surface area contributed by atoms with E-state index >= 15 is 0 Å². The minimum Gasteiger partial charge on any atom is -0.497 e. The Bertz CT molecular complexity index is 996. The number of carbonyl (C=O) groups excluding carboxylic acids is 2. The number of nitrogens with zero attached hydrogens (tertiary/aromatic N) is 2. The van der Waals surface area contributed by atoms with E-state index in [0.717, 1.165) is 11.3 Å². The second-order valence-electron chi connectivity index (χ2n) is 7.28. The minimum atomic E-state index is -0.791. The van der Waals surface area contributed by atoms with Gasteiger partial charge in [0.05, 0.1) is 19.6 Å². The molecule has 2 aliphatic rings. The van der Waals surface area contributed by atoms with E-state index in [-0.39, 0.29) is 24.2 Å². The summed E-state index contributed by atoms with van der Waals surface area (Å²) in [4.78, 5) is 29.1. The Kier molecular flexibility index (Phi) is 4.56. The third-order valence-corrected chi connectivity index (χ3v) is 5.75. The summed E-state index contributed by atoms with van der Waals surface area (Å²) in [5.74, 6) is 0.180. The number of ether oxygens (including phenoxy) is 2. The number of benzene rings is 2. The molecule has 8 heteroatoms. The molecule has 0 aliphatic carbocycles. The Morgan fingerprint density at radius 2 is 1.97 bits per heavy atom. The minimum absolute atomic E-state index is 0.0356. The monoisotopic (exact) mass is 399 g/mol. The Balaban J connectivity index is 1.56. The highest BCUT2D eigenvalue weighted by atomic mass is 19.1. The van der Waals surface area contributed by atoms with Gasteiger partial charge in [-0.3, -0.25) is 4.79 Å². The predicted octanol–water partition coefficient (Wildman–Crippen LogP) is 2.99. The maximum absolute atomic E-state index is 13.9. The molecule has 4 rings (SSSR count). The summed E-state index contributed by atoms with van der Waals surface area (Å²) < 4.78 is 24.1. The molecule has 1 spiro atoms. The molecule has 1 N–H and O–H groups in total. The first-order chi connectivity index (χ1) is 13.9. The fourth-order valence-corrected chi connectivity index (χ4v) is 4.19. The lowest BCUT2D eigenvalue weighted by Gasteiger charge is -2.24. The van der Waals surface area contributed by atoms with E-state index in [1.807, 2.05) is 18.2 Å². The lowest BCUT2D eigenvalue weighted by Crippen LogP contribution is -2.42. The van der Waals surface area contributed by atoms with Crippen molar-refractivity contribution in [3.05, 3.63) is 47.8 Å². The number of likely N-dealkylation sites (tertiary alicyclic amines) is 1. The third-order valence-electron chi connectivity index (χ3n) is 5.75. The quantitative estimate of drug-likeness (QED) is 0.861. The average Bonchev–Trinajstić information content (AvgIpc) is 3.26. The van der Waals surface area contributed by atoms with Crippen molar-refractivity contribution in [2.75, 3.05) is 44.6 Å². The van der Waals surface area contributed by atoms with Gasteiger partial charge in [0.25, 0.3) is 0 Å². The molecule has 1 saturated heterocycles. The standard InChI is InChI=1S/C21H22FN3O4/c1-24-17-6-5-14(28-2)11-15(17)21(19(24)26)8-9-25(12-21)20(27)23-13-4-7-18(29-3)16(22)10-13/h4-7,10-11H,8-9,12H2,1-3H3,(H,23,27)/t21-/m0/s1. The van der Waals surface area contributed by atoms with Crippen LogP contribution in [0, 0.1) is 5.82 Å². The maximum atomic E-state index is 13.9. The highest BCUT2D eigenvalue weighted by molar-refractivity contribution is 6.09. The van der Waals surface area contributed by atoms with Crippen LogP contribution in [0.3, 0.4) is 0 Å². The number of anilines is 2. The number of rotatable bonds is 3. The number of urea groups is 1. The lowest BCUT2D eigenvalue weighted by atomic mass is 9.81. The van der Waals surface area contributed by atoms with E-state index in [2.05, 4.69) is 5.32 Å². The maximum Gasteiger partial charge on any atom is 0.321 e. The number of likely N-dealkylation sites (N-methyl/N-ethyl adjacent to an activating group) is 1. The molecule has 1 fully saturated rings. The number of fused-ring (bicyclic) bond motifs is 2. The number of halogens is 1. The summed E-state index contributed by atoms with van der Waals surface area (Å²) >= 11 is 0. The second-order valence-corrected chi connectivity index (χ2v) is 7.28. The number of hydrogen-bond acceptors (Lipinski definition) is 4. The smallest absolute Gasteiger partial charge is 0.321 e. The molecular formula is C21H22FN3O4. The summed E-state index contributed by atoms with van der Waals surface area (Å²) in [6, 6.07) is 9.41. The zero-order chi connectivity index (χ0) is 20.8. The van der Waals surface area contributed by atoms with Gasteiger partial charge in [0, 0.05) is 37.6 Å². The van der Waals surface area contributed by atoms with Gasteiger partial charge in [-0.15, -0.1) is 0 Å². The van der Waals surface area contributed by atoms with E-state index < -0.39 is 11.2 Å². The lowest BCUT2D eigenvalue weighted by molar-refractivity contribution is -0.122. The van der Waals surface area contributed by atoms with Gasteiger partial charge in [-0.25, -0.2) is 9.18 Å². The first kappa shape index (κ1) is 19.0. The van der Waals surface area contributed by atoms with E-state index in [9.17, 15) is 14.0 Å². The number of carbonyl (C=O) groups is 2. The van der Waals surface area contributed by atoms with E-state index in [1.54, 1.807) is 30.0 Å². The summed E-state index contributed by atoms with van der Waals surface area (Å²) in [6.45, 7) is 0.668. The van der Waals surface area contributed by atoms with Gasteiger partial charge >= 0.3 is 6.03 Å². The summed E-state index contributed by atoms with van der Waals surface area (Å²) in [5.41, 5.74) is 1.23. The fraction of sp³-hybridized carbons (Fsp3) is 0.333. The van der Waals surface area contributed by atoms with Crippen LogP contribution in [0.4, 0.5) is 20.6 Å². The van der Waals surface area contributed by atoms with Crippen LogP contribution in [0.5, 0.6) is 11.5 Å². The van der Waals surface area contributed by atoms with Crippen molar-refractivity contribution in [3.8, 4) is 11.5 Å². The van der Waals surface area contributed by atoms with Gasteiger partial charge in [-0.1, -0.05) is 0 Å². The number of nitrogens with one attached hydrogen (secondary N) is 1. The SMILES string of the molecule is COc1ccc2c(c1)[C@@]1(CCN(C(=O)Nc3ccc(OC)c(F)c3)C1)C(=O)N2C. The second kappa shape index (κ2) is 6.95. The molecule has 2 aromatic carbocycles. The van der Waals surface area contributed by atoms with Crippen LogP contribution in [-0.2, 0) is 10.2 Å². The van der Waals surface area contributed by atoms with Crippen LogP contribution in [0.25, 0.3) is 0 Å². The molecule has 0 unspecified atom stereocenters. The Morgan fingerprint density at radius 1 is 1.17 bits per heavy atom. The van der Waals surface area contributed by atoms with Crippen molar-refractivity contribution in [2.45, 2.75) is 11.8 Å². The largest absolute Gasteiger partial charge is 0.497 e. The normalized spacial score (nSPS) is 20.2. The molecule has 2 aliphatic heterocycles. The Labute approximate surface area is 168 Å². The number of hydrogen-bond donors (Lipinski definition) is 1. The van der Waals surface area contributed by atoms with Crippen molar-refractivity contribution in [3.63, 3.8) is 0 Å². The number of methoxy groups -OCH3 is 2. The summed E-state index contributed by atoms with van der Waals surface area (Å²) in [7, 11) is 4.70. The summed E-state index contributed by atoms with van der Waals surface area (Å²) in [5, 5.41) is 2.70. The first-order valence-corrected chi connectivity index (χ1v) is 9.26. The van der Waals surface area contributed by atoms with Crippen molar-refractivity contribution in [1.29, 1.82) is 0 Å². The van der Waals surface area contributed by atoms with Crippen LogP contribution in [0.1, 0.15) is 12.0 Å². The van der Waals surface area contributed by atoms with E-state index in [1.165, 1.54) is 19.2 Å². The molecule has 0 aromatic heterocycles. The van der Waals surface area contributed by atoms with Crippen LogP contribution in [0.15, 0.2) is 36.4 Å². The molecule has 2 aromatic rings. The Morgan fingerprint density at radius 3 is 2.66 bits per heavy atom.